The van der Waals surface area contributed by atoms with Gasteiger partial charge < -0.3 is 5.11 Å². The van der Waals surface area contributed by atoms with E-state index in [1.807, 2.05) is 12.1 Å². The summed E-state index contributed by atoms with van der Waals surface area (Å²) in [5.41, 5.74) is 0.533. The molecule has 0 bridgehead atoms. The molecule has 1 N–H and O–H groups in total. The molecule has 2 rings (SSSR count). The van der Waals surface area contributed by atoms with E-state index in [0.29, 0.717) is 0 Å². The molecule has 0 saturated carbocycles. The van der Waals surface area contributed by atoms with Crippen molar-refractivity contribution in [3.8, 4) is 0 Å². The van der Waals surface area contributed by atoms with Crippen LogP contribution in [0, 0.1) is 0 Å². The van der Waals surface area contributed by atoms with E-state index in [4.69, 9.17) is 0 Å². The van der Waals surface area contributed by atoms with Crippen molar-refractivity contribution in [2.24, 2.45) is 0 Å². The second kappa shape index (κ2) is 4.39. The van der Waals surface area contributed by atoms with E-state index < -0.39 is 5.60 Å². The molecule has 1 aliphatic rings. The molecule has 0 spiro atoms. The van der Waals surface area contributed by atoms with E-state index >= 15 is 0 Å². The van der Waals surface area contributed by atoms with Crippen molar-refractivity contribution >= 4 is 0 Å². The average molecular weight is 234 g/mol. The Morgan fingerprint density at radius 2 is 1.71 bits per heavy atom. The summed E-state index contributed by atoms with van der Waals surface area (Å²) in [5.74, 6) is 0. The van der Waals surface area contributed by atoms with Crippen LogP contribution in [0.25, 0.3) is 0 Å². The highest BCUT2D eigenvalue weighted by atomic mass is 16.3. The minimum absolute atomic E-state index is 0.194. The fourth-order valence-electron chi connectivity index (χ4n) is 2.50. The van der Waals surface area contributed by atoms with Crippen LogP contribution in [0.2, 0.25) is 0 Å². The molecule has 0 aliphatic carbocycles. The maximum Gasteiger partial charge on any atom is 0.0922 e. The zero-order valence-electron chi connectivity index (χ0n) is 11.0. The van der Waals surface area contributed by atoms with Crippen molar-refractivity contribution in [2.75, 3.05) is 13.1 Å². The lowest BCUT2D eigenvalue weighted by molar-refractivity contribution is -0.0461. The molecule has 1 saturated heterocycles. The van der Waals surface area contributed by atoms with Crippen molar-refractivity contribution in [3.05, 3.63) is 30.1 Å². The predicted molar refractivity (Wildman–Crippen MR) is 68.7 cm³/mol. The summed E-state index contributed by atoms with van der Waals surface area (Å²) < 4.78 is 0. The Kier molecular flexibility index (Phi) is 3.23. The van der Waals surface area contributed by atoms with Gasteiger partial charge in [0.1, 0.15) is 0 Å². The summed E-state index contributed by atoms with van der Waals surface area (Å²) in [7, 11) is 0. The summed E-state index contributed by atoms with van der Waals surface area (Å²) >= 11 is 0. The van der Waals surface area contributed by atoms with Gasteiger partial charge in [-0.25, -0.2) is 0 Å². The SMILES string of the molecule is CC(C)(C)N1CCC(O)(c2ccncc2)CC1. The van der Waals surface area contributed by atoms with Crippen LogP contribution in [0.15, 0.2) is 24.5 Å². The predicted octanol–water partition coefficient (Wildman–Crippen LogP) is 2.16. The number of aliphatic hydroxyl groups is 1. The summed E-state index contributed by atoms with van der Waals surface area (Å²) in [5, 5.41) is 10.7. The van der Waals surface area contributed by atoms with E-state index in [0.717, 1.165) is 31.5 Å². The highest BCUT2D eigenvalue weighted by Gasteiger charge is 2.36. The maximum absolute atomic E-state index is 10.7. The number of aromatic nitrogens is 1. The van der Waals surface area contributed by atoms with Crippen LogP contribution >= 0.6 is 0 Å². The van der Waals surface area contributed by atoms with Gasteiger partial charge in [0.25, 0.3) is 0 Å². The minimum atomic E-state index is -0.662. The molecule has 1 aromatic rings. The molecule has 1 fully saturated rings. The minimum Gasteiger partial charge on any atom is -0.385 e. The first-order valence-corrected chi connectivity index (χ1v) is 6.30. The standard InChI is InChI=1S/C14H22N2O/c1-13(2,3)16-10-6-14(17,7-11-16)12-4-8-15-9-5-12/h4-5,8-9,17H,6-7,10-11H2,1-3H3. The van der Waals surface area contributed by atoms with Crippen LogP contribution in [0.3, 0.4) is 0 Å². The third-order valence-corrected chi connectivity index (χ3v) is 3.76. The number of rotatable bonds is 1. The zero-order valence-corrected chi connectivity index (χ0v) is 11.0. The lowest BCUT2D eigenvalue weighted by Crippen LogP contribution is -2.50. The van der Waals surface area contributed by atoms with Crippen LogP contribution in [0.5, 0.6) is 0 Å². The van der Waals surface area contributed by atoms with Crippen molar-refractivity contribution in [1.82, 2.24) is 9.88 Å². The molecule has 2 heterocycles. The topological polar surface area (TPSA) is 36.4 Å². The van der Waals surface area contributed by atoms with E-state index in [1.54, 1.807) is 12.4 Å². The molecule has 0 atom stereocenters. The summed E-state index contributed by atoms with van der Waals surface area (Å²) in [6, 6.07) is 3.85. The molecule has 0 radical (unpaired) electrons. The summed E-state index contributed by atoms with van der Waals surface area (Å²) in [6.07, 6.45) is 5.11. The van der Waals surface area contributed by atoms with Gasteiger partial charge in [0.2, 0.25) is 0 Å². The van der Waals surface area contributed by atoms with Gasteiger partial charge in [-0.1, -0.05) is 0 Å². The monoisotopic (exact) mass is 234 g/mol. The first-order chi connectivity index (χ1) is 7.92. The quantitative estimate of drug-likeness (QED) is 0.809. The third kappa shape index (κ3) is 2.67. The summed E-state index contributed by atoms with van der Waals surface area (Å²) in [6.45, 7) is 8.57. The highest BCUT2D eigenvalue weighted by Crippen LogP contribution is 2.34. The normalized spacial score (nSPS) is 21.4. The van der Waals surface area contributed by atoms with Crippen LogP contribution in [0.4, 0.5) is 0 Å². The van der Waals surface area contributed by atoms with Gasteiger partial charge in [-0.2, -0.15) is 0 Å². The van der Waals surface area contributed by atoms with Crippen LogP contribution in [0.1, 0.15) is 39.2 Å². The Bertz CT molecular complexity index is 362. The molecule has 3 heteroatoms. The van der Waals surface area contributed by atoms with E-state index in [1.165, 1.54) is 0 Å². The molecule has 0 unspecified atom stereocenters. The molecular weight excluding hydrogens is 212 g/mol. The highest BCUT2D eigenvalue weighted by molar-refractivity contribution is 5.20. The van der Waals surface area contributed by atoms with Crippen LogP contribution in [-0.2, 0) is 5.60 Å². The molecule has 0 aromatic carbocycles. The van der Waals surface area contributed by atoms with E-state index in [-0.39, 0.29) is 5.54 Å². The molecule has 94 valence electrons. The van der Waals surface area contributed by atoms with Gasteiger partial charge in [-0.15, -0.1) is 0 Å². The van der Waals surface area contributed by atoms with Gasteiger partial charge in [0.05, 0.1) is 5.60 Å². The molecule has 0 amide bonds. The Labute approximate surface area is 103 Å². The number of piperidine rings is 1. The fourth-order valence-corrected chi connectivity index (χ4v) is 2.50. The Balaban J connectivity index is 2.08. The molecule has 17 heavy (non-hydrogen) atoms. The van der Waals surface area contributed by atoms with Gasteiger partial charge in [0.15, 0.2) is 0 Å². The number of hydrogen-bond donors (Lipinski definition) is 1. The van der Waals surface area contributed by atoms with E-state index in [2.05, 4.69) is 30.7 Å². The molecule has 1 aliphatic heterocycles. The largest absolute Gasteiger partial charge is 0.385 e. The van der Waals surface area contributed by atoms with Crippen molar-refractivity contribution in [1.29, 1.82) is 0 Å². The Morgan fingerprint density at radius 1 is 1.18 bits per heavy atom. The first-order valence-electron chi connectivity index (χ1n) is 6.30. The second-order valence-corrected chi connectivity index (χ2v) is 5.93. The number of nitrogens with zero attached hydrogens (tertiary/aromatic N) is 2. The Hall–Kier alpha value is -0.930. The van der Waals surface area contributed by atoms with Gasteiger partial charge in [-0.3, -0.25) is 9.88 Å². The number of likely N-dealkylation sites (tertiary alicyclic amines) is 1. The second-order valence-electron chi connectivity index (χ2n) is 5.93. The summed E-state index contributed by atoms with van der Waals surface area (Å²) in [4.78, 5) is 6.44. The number of hydrogen-bond acceptors (Lipinski definition) is 3. The first kappa shape index (κ1) is 12.5. The van der Waals surface area contributed by atoms with Crippen molar-refractivity contribution in [3.63, 3.8) is 0 Å². The van der Waals surface area contributed by atoms with Gasteiger partial charge in [0, 0.05) is 31.0 Å². The van der Waals surface area contributed by atoms with Gasteiger partial charge in [-0.05, 0) is 51.3 Å². The zero-order chi connectivity index (χ0) is 12.5. The van der Waals surface area contributed by atoms with E-state index in [9.17, 15) is 5.11 Å². The Morgan fingerprint density at radius 3 is 2.18 bits per heavy atom. The van der Waals surface area contributed by atoms with Crippen LogP contribution in [-0.4, -0.2) is 33.6 Å². The average Bonchev–Trinajstić information content (AvgIpc) is 2.29. The van der Waals surface area contributed by atoms with Crippen molar-refractivity contribution in [2.45, 2.75) is 44.8 Å². The van der Waals surface area contributed by atoms with Crippen molar-refractivity contribution < 1.29 is 5.11 Å². The molecular formula is C14H22N2O. The molecule has 1 aromatic heterocycles. The maximum atomic E-state index is 10.7. The smallest absolute Gasteiger partial charge is 0.0922 e. The van der Waals surface area contributed by atoms with Gasteiger partial charge >= 0.3 is 0 Å². The molecule has 3 nitrogen and oxygen atoms in total. The fraction of sp³-hybridized carbons (Fsp3) is 0.643. The third-order valence-electron chi connectivity index (χ3n) is 3.76. The lowest BCUT2D eigenvalue weighted by atomic mass is 9.83. The van der Waals surface area contributed by atoms with Crippen LogP contribution < -0.4 is 0 Å². The lowest BCUT2D eigenvalue weighted by Gasteiger charge is -2.44. The number of pyridine rings is 1.